The maximum Gasteiger partial charge on any atom is 0.257 e. The van der Waals surface area contributed by atoms with Crippen molar-refractivity contribution in [3.63, 3.8) is 0 Å². The van der Waals surface area contributed by atoms with Gasteiger partial charge >= 0.3 is 0 Å². The van der Waals surface area contributed by atoms with Crippen molar-refractivity contribution in [3.8, 4) is 17.2 Å². The van der Waals surface area contributed by atoms with Crippen LogP contribution in [0, 0.1) is 0 Å². The fourth-order valence-electron chi connectivity index (χ4n) is 2.97. The number of fused-ring (bicyclic) bond motifs is 2. The van der Waals surface area contributed by atoms with E-state index in [-0.39, 0.29) is 12.7 Å². The van der Waals surface area contributed by atoms with Crippen LogP contribution in [0.25, 0.3) is 10.9 Å². The summed E-state index contributed by atoms with van der Waals surface area (Å²) < 4.78 is 16.4. The number of anilines is 1. The van der Waals surface area contributed by atoms with E-state index in [1.165, 1.54) is 0 Å². The van der Waals surface area contributed by atoms with Gasteiger partial charge in [-0.05, 0) is 50.8 Å². The van der Waals surface area contributed by atoms with E-state index in [0.717, 1.165) is 29.6 Å². The predicted molar refractivity (Wildman–Crippen MR) is 105 cm³/mol. The van der Waals surface area contributed by atoms with Crippen molar-refractivity contribution in [1.29, 1.82) is 0 Å². The Morgan fingerprint density at radius 2 is 2.07 bits per heavy atom. The Labute approximate surface area is 162 Å². The standard InChI is InChI=1S/C20H22N4O4/c1-24(2)8-3-9-26-14-5-6-15-16(11-14)22-23-19(15)21-20(25)13-4-7-17-18(10-13)28-12-27-17/h4-7,10-11H,3,8-9,12H2,1-2H3,(H2,21,22,23,25). The van der Waals surface area contributed by atoms with E-state index in [1.807, 2.05) is 32.3 Å². The minimum absolute atomic E-state index is 0.171. The molecule has 8 heteroatoms. The first-order valence-corrected chi connectivity index (χ1v) is 9.07. The zero-order valence-corrected chi connectivity index (χ0v) is 15.8. The predicted octanol–water partition coefficient (Wildman–Crippen LogP) is 2.87. The van der Waals surface area contributed by atoms with Gasteiger partial charge in [0.05, 0.1) is 12.1 Å². The van der Waals surface area contributed by atoms with E-state index in [9.17, 15) is 4.79 Å². The number of benzene rings is 2. The maximum absolute atomic E-state index is 12.6. The summed E-state index contributed by atoms with van der Waals surface area (Å²) in [6, 6.07) is 10.7. The van der Waals surface area contributed by atoms with Crippen molar-refractivity contribution >= 4 is 22.6 Å². The Balaban J connectivity index is 1.43. The molecule has 3 aromatic rings. The number of hydrogen-bond donors (Lipinski definition) is 2. The van der Waals surface area contributed by atoms with E-state index < -0.39 is 0 Å². The Kier molecular flexibility index (Phi) is 5.03. The molecule has 0 fully saturated rings. The summed E-state index contributed by atoms with van der Waals surface area (Å²) in [5.41, 5.74) is 1.27. The van der Waals surface area contributed by atoms with Gasteiger partial charge in [-0.1, -0.05) is 0 Å². The number of nitrogens with zero attached hydrogens (tertiary/aromatic N) is 2. The van der Waals surface area contributed by atoms with Gasteiger partial charge in [-0.3, -0.25) is 9.89 Å². The molecule has 1 aliphatic heterocycles. The third kappa shape index (κ3) is 3.86. The average Bonchev–Trinajstić information content (AvgIpc) is 3.31. The zero-order valence-electron chi connectivity index (χ0n) is 15.8. The first-order chi connectivity index (χ1) is 13.6. The van der Waals surface area contributed by atoms with Crippen LogP contribution in [0.3, 0.4) is 0 Å². The molecule has 0 radical (unpaired) electrons. The van der Waals surface area contributed by atoms with Crippen molar-refractivity contribution < 1.29 is 19.0 Å². The lowest BCUT2D eigenvalue weighted by atomic mass is 10.2. The van der Waals surface area contributed by atoms with Crippen molar-refractivity contribution in [2.45, 2.75) is 6.42 Å². The van der Waals surface area contributed by atoms with Gasteiger partial charge in [0.1, 0.15) is 5.75 Å². The number of amides is 1. The van der Waals surface area contributed by atoms with Crippen LogP contribution in [0.2, 0.25) is 0 Å². The first kappa shape index (κ1) is 18.1. The van der Waals surface area contributed by atoms with Crippen LogP contribution >= 0.6 is 0 Å². The molecule has 4 rings (SSSR count). The molecule has 146 valence electrons. The van der Waals surface area contributed by atoms with E-state index in [0.29, 0.717) is 29.5 Å². The van der Waals surface area contributed by atoms with Crippen LogP contribution in [0.1, 0.15) is 16.8 Å². The van der Waals surface area contributed by atoms with Gasteiger partial charge in [0.2, 0.25) is 6.79 Å². The molecule has 0 atom stereocenters. The number of H-pyrrole nitrogens is 1. The molecule has 0 spiro atoms. The van der Waals surface area contributed by atoms with Gasteiger partial charge in [-0.2, -0.15) is 5.10 Å². The van der Waals surface area contributed by atoms with Gasteiger partial charge in [-0.25, -0.2) is 0 Å². The van der Waals surface area contributed by atoms with Crippen molar-refractivity contribution in [3.05, 3.63) is 42.0 Å². The number of ether oxygens (including phenoxy) is 3. The Bertz CT molecular complexity index is 999. The molecule has 0 saturated carbocycles. The molecule has 1 aromatic heterocycles. The van der Waals surface area contributed by atoms with Crippen LogP contribution in [0.5, 0.6) is 17.2 Å². The molecule has 1 amide bonds. The minimum Gasteiger partial charge on any atom is -0.493 e. The largest absolute Gasteiger partial charge is 0.493 e. The van der Waals surface area contributed by atoms with Crippen LogP contribution in [0.4, 0.5) is 5.82 Å². The number of nitrogens with one attached hydrogen (secondary N) is 2. The number of aromatic amines is 1. The summed E-state index contributed by atoms with van der Waals surface area (Å²) in [5.74, 6) is 2.17. The Hall–Kier alpha value is -3.26. The topological polar surface area (TPSA) is 88.7 Å². The number of aromatic nitrogens is 2. The van der Waals surface area contributed by atoms with Gasteiger partial charge < -0.3 is 24.4 Å². The second-order valence-corrected chi connectivity index (χ2v) is 6.81. The molecule has 8 nitrogen and oxygen atoms in total. The van der Waals surface area contributed by atoms with Crippen molar-refractivity contribution in [2.24, 2.45) is 0 Å². The Morgan fingerprint density at radius 3 is 2.93 bits per heavy atom. The lowest BCUT2D eigenvalue weighted by molar-refractivity contribution is 0.102. The van der Waals surface area contributed by atoms with Crippen LogP contribution < -0.4 is 19.5 Å². The van der Waals surface area contributed by atoms with Crippen LogP contribution in [-0.4, -0.2) is 55.0 Å². The molecule has 0 aliphatic carbocycles. The molecular formula is C20H22N4O4. The summed E-state index contributed by atoms with van der Waals surface area (Å²) in [6.45, 7) is 1.79. The second-order valence-electron chi connectivity index (χ2n) is 6.81. The van der Waals surface area contributed by atoms with E-state index in [2.05, 4.69) is 20.4 Å². The fourth-order valence-corrected chi connectivity index (χ4v) is 2.97. The number of carbonyl (C=O) groups is 1. The molecule has 0 unspecified atom stereocenters. The monoisotopic (exact) mass is 382 g/mol. The number of hydrogen-bond acceptors (Lipinski definition) is 6. The second kappa shape index (κ2) is 7.77. The molecule has 2 N–H and O–H groups in total. The average molecular weight is 382 g/mol. The van der Waals surface area contributed by atoms with Crippen molar-refractivity contribution in [2.75, 3.05) is 39.4 Å². The summed E-state index contributed by atoms with van der Waals surface area (Å²) in [7, 11) is 4.08. The third-order valence-corrected chi connectivity index (χ3v) is 4.42. The minimum atomic E-state index is -0.268. The molecule has 0 saturated heterocycles. The van der Waals surface area contributed by atoms with E-state index in [1.54, 1.807) is 18.2 Å². The van der Waals surface area contributed by atoms with Gasteiger partial charge in [0.15, 0.2) is 17.3 Å². The summed E-state index contributed by atoms with van der Waals surface area (Å²) in [4.78, 5) is 14.7. The smallest absolute Gasteiger partial charge is 0.257 e. The number of rotatable bonds is 7. The highest BCUT2D eigenvalue weighted by molar-refractivity contribution is 6.08. The Morgan fingerprint density at radius 1 is 1.21 bits per heavy atom. The van der Waals surface area contributed by atoms with E-state index in [4.69, 9.17) is 14.2 Å². The van der Waals surface area contributed by atoms with Gasteiger partial charge in [0.25, 0.3) is 5.91 Å². The zero-order chi connectivity index (χ0) is 19.5. The number of carbonyl (C=O) groups excluding carboxylic acids is 1. The third-order valence-electron chi connectivity index (χ3n) is 4.42. The van der Waals surface area contributed by atoms with E-state index >= 15 is 0 Å². The summed E-state index contributed by atoms with van der Waals surface area (Å²) in [6.07, 6.45) is 0.949. The van der Waals surface area contributed by atoms with Crippen molar-refractivity contribution in [1.82, 2.24) is 15.1 Å². The highest BCUT2D eigenvalue weighted by Gasteiger charge is 2.17. The molecule has 1 aliphatic rings. The van der Waals surface area contributed by atoms with Gasteiger partial charge in [-0.15, -0.1) is 0 Å². The molecule has 0 bridgehead atoms. The maximum atomic E-state index is 12.6. The summed E-state index contributed by atoms with van der Waals surface area (Å²) in [5, 5.41) is 10.8. The lowest BCUT2D eigenvalue weighted by Crippen LogP contribution is -2.15. The summed E-state index contributed by atoms with van der Waals surface area (Å²) >= 11 is 0. The van der Waals surface area contributed by atoms with Crippen LogP contribution in [0.15, 0.2) is 36.4 Å². The lowest BCUT2D eigenvalue weighted by Gasteiger charge is -2.10. The first-order valence-electron chi connectivity index (χ1n) is 9.07. The normalized spacial score (nSPS) is 12.5. The highest BCUT2D eigenvalue weighted by Crippen LogP contribution is 2.33. The molecule has 2 heterocycles. The molecule has 28 heavy (non-hydrogen) atoms. The van der Waals surface area contributed by atoms with Gasteiger partial charge in [0, 0.05) is 23.6 Å². The fraction of sp³-hybridized carbons (Fsp3) is 0.300. The molecular weight excluding hydrogens is 360 g/mol. The SMILES string of the molecule is CN(C)CCCOc1ccc2c(NC(=O)c3ccc4c(c3)OCO4)n[nH]c2c1. The quantitative estimate of drug-likeness (QED) is 0.611. The molecule has 2 aromatic carbocycles. The highest BCUT2D eigenvalue weighted by atomic mass is 16.7. The van der Waals surface area contributed by atoms with Crippen LogP contribution in [-0.2, 0) is 0 Å².